The number of ether oxygens (including phenoxy) is 2. The average molecular weight is 349 g/mol. The van der Waals surface area contributed by atoms with Gasteiger partial charge in [0.1, 0.15) is 11.6 Å². The number of nitrogens with zero attached hydrogens (tertiary/aromatic N) is 2. The lowest BCUT2D eigenvalue weighted by Gasteiger charge is -2.29. The molecule has 0 amide bonds. The van der Waals surface area contributed by atoms with E-state index >= 15 is 0 Å². The lowest BCUT2D eigenvalue weighted by molar-refractivity contribution is 0.122. The summed E-state index contributed by atoms with van der Waals surface area (Å²) in [4.78, 5) is 5.17. The summed E-state index contributed by atoms with van der Waals surface area (Å²) in [6.45, 7) is 9.30. The summed E-state index contributed by atoms with van der Waals surface area (Å²) < 4.78 is 25.1. The van der Waals surface area contributed by atoms with Gasteiger partial charge in [0.05, 0.1) is 25.5 Å². The van der Waals surface area contributed by atoms with Crippen molar-refractivity contribution in [1.82, 2.24) is 0 Å². The van der Waals surface area contributed by atoms with Gasteiger partial charge in [-0.3, -0.25) is 0 Å². The molecule has 0 saturated carbocycles. The van der Waals surface area contributed by atoms with E-state index in [4.69, 9.17) is 27.6 Å². The van der Waals surface area contributed by atoms with Crippen molar-refractivity contribution in [2.45, 2.75) is 0 Å². The quantitative estimate of drug-likeness (QED) is 0.837. The molecule has 0 radical (unpaired) electrons. The molecule has 7 heteroatoms. The highest BCUT2D eigenvalue weighted by Gasteiger charge is 2.19. The van der Waals surface area contributed by atoms with Gasteiger partial charge < -0.3 is 19.5 Å². The average Bonchev–Trinajstić information content (AvgIpc) is 2.59. The van der Waals surface area contributed by atoms with Crippen LogP contribution in [-0.2, 0) is 4.74 Å². The third-order valence-electron chi connectivity index (χ3n) is 3.64. The van der Waals surface area contributed by atoms with Crippen molar-refractivity contribution < 1.29 is 19.0 Å². The van der Waals surface area contributed by atoms with Crippen LogP contribution in [-0.4, -0.2) is 31.4 Å². The van der Waals surface area contributed by atoms with Crippen LogP contribution < -0.4 is 9.64 Å². The minimum atomic E-state index is -0.539. The molecular weight excluding hydrogens is 335 g/mol. The second kappa shape index (κ2) is 6.95. The normalized spacial score (nSPS) is 14.3. The van der Waals surface area contributed by atoms with Gasteiger partial charge in [-0.15, -0.1) is 0 Å². The smallest absolute Gasteiger partial charge is 0.230 e. The minimum Gasteiger partial charge on any atom is -0.504 e. The number of rotatable bonds is 3. The van der Waals surface area contributed by atoms with Crippen LogP contribution in [0.15, 0.2) is 30.3 Å². The number of aromatic hydroxyl groups is 1. The van der Waals surface area contributed by atoms with Gasteiger partial charge in [-0.2, -0.15) is 0 Å². The number of hydrogen-bond acceptors (Lipinski definition) is 4. The largest absolute Gasteiger partial charge is 0.504 e. The molecule has 2 aromatic rings. The molecule has 3 rings (SSSR count). The van der Waals surface area contributed by atoms with E-state index in [9.17, 15) is 9.50 Å². The summed E-state index contributed by atoms with van der Waals surface area (Å²) in [6.07, 6.45) is 0. The van der Waals surface area contributed by atoms with Crippen LogP contribution in [0.1, 0.15) is 0 Å². The SMILES string of the molecule is [C-]#[N+]c1cc(Cl)ccc1Oc1cc(N2CCOCC2)c(F)cc1O. The second-order valence-corrected chi connectivity index (χ2v) is 5.63. The zero-order valence-corrected chi connectivity index (χ0v) is 13.4. The van der Waals surface area contributed by atoms with Crippen LogP contribution in [0.5, 0.6) is 17.2 Å². The van der Waals surface area contributed by atoms with Crippen molar-refractivity contribution in [2.75, 3.05) is 31.2 Å². The maximum atomic E-state index is 14.2. The number of morpholine rings is 1. The highest BCUT2D eigenvalue weighted by molar-refractivity contribution is 6.30. The van der Waals surface area contributed by atoms with Crippen molar-refractivity contribution in [3.8, 4) is 17.2 Å². The number of phenolic OH excluding ortho intramolecular Hbond substituents is 1. The summed E-state index contributed by atoms with van der Waals surface area (Å²) in [7, 11) is 0. The van der Waals surface area contributed by atoms with E-state index in [1.54, 1.807) is 6.07 Å². The van der Waals surface area contributed by atoms with Crippen molar-refractivity contribution in [3.63, 3.8) is 0 Å². The second-order valence-electron chi connectivity index (χ2n) is 5.20. The molecule has 1 saturated heterocycles. The molecule has 1 fully saturated rings. The van der Waals surface area contributed by atoms with Gasteiger partial charge in [0.25, 0.3) is 0 Å². The monoisotopic (exact) mass is 348 g/mol. The molecule has 0 unspecified atom stereocenters. The van der Waals surface area contributed by atoms with Gasteiger partial charge in [-0.1, -0.05) is 11.6 Å². The molecule has 0 spiro atoms. The highest BCUT2D eigenvalue weighted by Crippen LogP contribution is 2.40. The third-order valence-corrected chi connectivity index (χ3v) is 3.88. The van der Waals surface area contributed by atoms with E-state index in [2.05, 4.69) is 4.85 Å². The topological polar surface area (TPSA) is 46.3 Å². The van der Waals surface area contributed by atoms with Crippen molar-refractivity contribution in [3.05, 3.63) is 52.6 Å². The van der Waals surface area contributed by atoms with Gasteiger partial charge >= 0.3 is 0 Å². The molecule has 1 aliphatic heterocycles. The van der Waals surface area contributed by atoms with Gasteiger partial charge in [-0.05, 0) is 18.2 Å². The summed E-state index contributed by atoms with van der Waals surface area (Å²) in [6, 6.07) is 7.02. The first-order chi connectivity index (χ1) is 11.6. The Labute approximate surface area is 143 Å². The third kappa shape index (κ3) is 3.37. The molecule has 0 aromatic heterocycles. The van der Waals surface area contributed by atoms with E-state index in [0.717, 1.165) is 6.07 Å². The fourth-order valence-electron chi connectivity index (χ4n) is 2.44. The molecule has 0 bridgehead atoms. The van der Waals surface area contributed by atoms with Crippen LogP contribution in [0.3, 0.4) is 0 Å². The van der Waals surface area contributed by atoms with E-state index in [1.807, 2.05) is 4.90 Å². The minimum absolute atomic E-state index is 0.0742. The van der Waals surface area contributed by atoms with Crippen molar-refractivity contribution in [1.29, 1.82) is 0 Å². The van der Waals surface area contributed by atoms with Crippen LogP contribution in [0.2, 0.25) is 5.02 Å². The lowest BCUT2D eigenvalue weighted by atomic mass is 10.2. The van der Waals surface area contributed by atoms with E-state index < -0.39 is 5.82 Å². The Kier molecular flexibility index (Phi) is 4.74. The Hall–Kier alpha value is -2.49. The Balaban J connectivity index is 1.95. The Bertz CT molecular complexity index is 801. The van der Waals surface area contributed by atoms with Crippen LogP contribution in [0.25, 0.3) is 4.85 Å². The molecule has 1 aliphatic rings. The molecule has 5 nitrogen and oxygen atoms in total. The molecule has 0 atom stereocenters. The van der Waals surface area contributed by atoms with Gasteiger partial charge in [0, 0.05) is 30.2 Å². The van der Waals surface area contributed by atoms with Crippen LogP contribution >= 0.6 is 11.6 Å². The summed E-state index contributed by atoms with van der Waals surface area (Å²) in [5.41, 5.74) is 0.531. The summed E-state index contributed by atoms with van der Waals surface area (Å²) >= 11 is 5.86. The first kappa shape index (κ1) is 16.4. The number of benzene rings is 2. The Morgan fingerprint density at radius 3 is 2.67 bits per heavy atom. The summed E-state index contributed by atoms with van der Waals surface area (Å²) in [5, 5.41) is 10.4. The van der Waals surface area contributed by atoms with Gasteiger partial charge in [0.2, 0.25) is 5.69 Å². The molecule has 2 aromatic carbocycles. The highest BCUT2D eigenvalue weighted by atomic mass is 35.5. The molecule has 124 valence electrons. The van der Waals surface area contributed by atoms with Gasteiger partial charge in [-0.25, -0.2) is 9.24 Å². The lowest BCUT2D eigenvalue weighted by Crippen LogP contribution is -2.36. The fourth-order valence-corrected chi connectivity index (χ4v) is 2.61. The zero-order chi connectivity index (χ0) is 17.1. The van der Waals surface area contributed by atoms with E-state index in [1.165, 1.54) is 18.2 Å². The molecule has 1 heterocycles. The van der Waals surface area contributed by atoms with Crippen LogP contribution in [0, 0.1) is 12.4 Å². The Morgan fingerprint density at radius 2 is 1.96 bits per heavy atom. The maximum absolute atomic E-state index is 14.2. The first-order valence-corrected chi connectivity index (χ1v) is 7.66. The van der Waals surface area contributed by atoms with Crippen LogP contribution in [0.4, 0.5) is 15.8 Å². The molecule has 1 N–H and O–H groups in total. The zero-order valence-electron chi connectivity index (χ0n) is 12.6. The van der Waals surface area contributed by atoms with E-state index in [0.29, 0.717) is 37.0 Å². The summed E-state index contributed by atoms with van der Waals surface area (Å²) in [5.74, 6) is -0.562. The molecular formula is C17H14ClFN2O3. The number of hydrogen-bond donors (Lipinski definition) is 1. The predicted molar refractivity (Wildman–Crippen MR) is 88.9 cm³/mol. The number of phenols is 1. The number of anilines is 1. The first-order valence-electron chi connectivity index (χ1n) is 7.28. The van der Waals surface area contributed by atoms with Gasteiger partial charge in [0.15, 0.2) is 11.5 Å². The number of halogens is 2. The van der Waals surface area contributed by atoms with Crippen molar-refractivity contribution >= 4 is 23.0 Å². The predicted octanol–water partition coefficient (Wildman–Crippen LogP) is 4.36. The molecule has 0 aliphatic carbocycles. The van der Waals surface area contributed by atoms with E-state index in [-0.39, 0.29) is 22.9 Å². The maximum Gasteiger partial charge on any atom is 0.230 e. The fraction of sp³-hybridized carbons (Fsp3) is 0.235. The van der Waals surface area contributed by atoms with Crippen molar-refractivity contribution in [2.24, 2.45) is 0 Å². The Morgan fingerprint density at radius 1 is 1.21 bits per heavy atom. The standard InChI is InChI=1S/C17H14ClFN2O3/c1-20-13-8-11(18)2-3-16(13)24-17-10-14(12(19)9-15(17)22)21-4-6-23-7-5-21/h2-3,8-10,22H,4-7H2. The molecule has 24 heavy (non-hydrogen) atoms.